The van der Waals surface area contributed by atoms with E-state index >= 15 is 0 Å². The Balaban J connectivity index is 2.14. The van der Waals surface area contributed by atoms with E-state index in [1.54, 1.807) is 7.05 Å². The van der Waals surface area contributed by atoms with Gasteiger partial charge >= 0.3 is 0 Å². The molecule has 5 nitrogen and oxygen atoms in total. The number of hydrogen-bond acceptors (Lipinski definition) is 4. The summed E-state index contributed by atoms with van der Waals surface area (Å²) < 4.78 is 14.5. The Morgan fingerprint density at radius 1 is 1.36 bits per heavy atom. The molecule has 3 rings (SSSR count). The molecule has 6 heteroatoms. The van der Waals surface area contributed by atoms with Crippen LogP contribution in [0.1, 0.15) is 39.3 Å². The molecule has 0 aromatic carbocycles. The summed E-state index contributed by atoms with van der Waals surface area (Å²) in [5.41, 5.74) is 2.20. The van der Waals surface area contributed by atoms with Crippen molar-refractivity contribution in [3.05, 3.63) is 41.6 Å². The van der Waals surface area contributed by atoms with Gasteiger partial charge < -0.3 is 14.0 Å². The average molecular weight is 362 g/mol. The first-order chi connectivity index (χ1) is 11.6. The van der Waals surface area contributed by atoms with E-state index in [0.29, 0.717) is 11.0 Å². The van der Waals surface area contributed by atoms with Gasteiger partial charge in [-0.2, -0.15) is 0 Å². The van der Waals surface area contributed by atoms with Gasteiger partial charge in [0.1, 0.15) is 22.7 Å². The minimum absolute atomic E-state index is 0.103. The molecule has 3 atom stereocenters. The predicted molar refractivity (Wildman–Crippen MR) is 102 cm³/mol. The van der Waals surface area contributed by atoms with Crippen molar-refractivity contribution in [1.29, 1.82) is 0 Å². The molecule has 1 aliphatic heterocycles. The third-order valence-electron chi connectivity index (χ3n) is 4.83. The molecule has 0 bridgehead atoms. The van der Waals surface area contributed by atoms with Crippen molar-refractivity contribution in [3.8, 4) is 0 Å². The molecule has 1 saturated heterocycles. The molecule has 1 aromatic heterocycles. The van der Waals surface area contributed by atoms with Crippen LogP contribution < -0.4 is 0 Å². The van der Waals surface area contributed by atoms with Crippen LogP contribution in [-0.4, -0.2) is 41.0 Å². The topological polar surface area (TPSA) is 48.1 Å². The van der Waals surface area contributed by atoms with Crippen LogP contribution in [0.2, 0.25) is 0 Å². The van der Waals surface area contributed by atoms with E-state index in [9.17, 15) is 0 Å². The maximum absolute atomic E-state index is 6.27. The molecule has 1 fully saturated rings. The van der Waals surface area contributed by atoms with Gasteiger partial charge in [-0.1, -0.05) is 29.8 Å². The number of fused-ring (bicyclic) bond motifs is 1. The Labute approximate surface area is 153 Å². The quantitative estimate of drug-likeness (QED) is 0.746. The maximum Gasteiger partial charge on any atom is 0.164 e. The third kappa shape index (κ3) is 2.71. The molecule has 1 aliphatic carbocycles. The van der Waals surface area contributed by atoms with Crippen molar-refractivity contribution in [2.45, 2.75) is 51.2 Å². The number of aromatic nitrogens is 1. The Hall–Kier alpha value is -1.69. The van der Waals surface area contributed by atoms with Crippen LogP contribution in [0.4, 0.5) is 5.82 Å². The van der Waals surface area contributed by atoms with Gasteiger partial charge in [0.2, 0.25) is 0 Å². The summed E-state index contributed by atoms with van der Waals surface area (Å²) in [4.78, 5) is 8.24. The summed E-state index contributed by atoms with van der Waals surface area (Å²) in [7, 11) is 1.65. The fraction of sp³-hybridized carbons (Fsp3) is 0.474. The smallest absolute Gasteiger partial charge is 0.164 e. The molecular weight excluding hydrogens is 338 g/mol. The van der Waals surface area contributed by atoms with Gasteiger partial charge in [-0.25, -0.2) is 4.99 Å². The number of hydrogen-bond donors (Lipinski definition) is 0. The lowest BCUT2D eigenvalue weighted by Crippen LogP contribution is -2.38. The number of nitrogens with zero attached hydrogens (tertiary/aromatic N) is 3. The predicted octanol–water partition coefficient (Wildman–Crippen LogP) is 4.40. The first-order valence-electron chi connectivity index (χ1n) is 8.21. The van der Waals surface area contributed by atoms with Crippen molar-refractivity contribution in [2.24, 2.45) is 9.98 Å². The molecule has 2 aliphatic rings. The Morgan fingerprint density at radius 2 is 2.04 bits per heavy atom. The molecule has 0 amide bonds. The van der Waals surface area contributed by atoms with Crippen molar-refractivity contribution >= 4 is 29.3 Å². The molecule has 25 heavy (non-hydrogen) atoms. The number of aliphatic imine (C=N–C) groups is 2. The van der Waals surface area contributed by atoms with Gasteiger partial charge in [-0.05, 0) is 46.1 Å². The highest BCUT2D eigenvalue weighted by molar-refractivity contribution is 6.70. The Bertz CT molecular complexity index is 806. The fourth-order valence-electron chi connectivity index (χ4n) is 3.96. The summed E-state index contributed by atoms with van der Waals surface area (Å²) in [6.07, 6.45) is 3.87. The SMILES string of the molecule is C=Nc1c(/C(Cl)=N\C)ccn1[C@@H]1C=C(C(=C)C)[C@@]2(C)OC(C)(C)O[C@@H]12. The molecule has 134 valence electrons. The van der Waals surface area contributed by atoms with Gasteiger partial charge in [0, 0.05) is 13.2 Å². The van der Waals surface area contributed by atoms with Crippen LogP contribution in [0.25, 0.3) is 0 Å². The summed E-state index contributed by atoms with van der Waals surface area (Å²) in [6, 6.07) is 1.79. The van der Waals surface area contributed by atoms with Gasteiger partial charge in [0.25, 0.3) is 0 Å². The van der Waals surface area contributed by atoms with E-state index in [4.69, 9.17) is 21.1 Å². The summed E-state index contributed by atoms with van der Waals surface area (Å²) in [5.74, 6) is -0.0112. The van der Waals surface area contributed by atoms with Gasteiger partial charge in [0.05, 0.1) is 11.6 Å². The van der Waals surface area contributed by atoms with E-state index in [2.05, 4.69) is 36.3 Å². The van der Waals surface area contributed by atoms with E-state index in [0.717, 1.165) is 16.7 Å². The van der Waals surface area contributed by atoms with Crippen molar-refractivity contribution < 1.29 is 9.47 Å². The van der Waals surface area contributed by atoms with Gasteiger partial charge in [-0.15, -0.1) is 0 Å². The highest BCUT2D eigenvalue weighted by atomic mass is 35.5. The standard InChI is InChI=1S/C19H24ClN3O2/c1-11(2)13-10-14(15-19(13,5)25-18(3,4)24-15)23-9-8-12(16(20)21-6)17(23)22-7/h8-10,14-15H,1,7H2,2-6H3/b21-16+/t14-,15+,19-/m1/s1. The lowest BCUT2D eigenvalue weighted by molar-refractivity contribution is -0.157. The van der Waals surface area contributed by atoms with Crippen molar-refractivity contribution in [2.75, 3.05) is 7.05 Å². The number of halogens is 1. The molecule has 2 heterocycles. The highest BCUT2D eigenvalue weighted by Crippen LogP contribution is 2.53. The third-order valence-corrected chi connectivity index (χ3v) is 5.20. The number of ether oxygens (including phenoxy) is 2. The minimum atomic E-state index is -0.674. The molecule has 0 radical (unpaired) electrons. The normalized spacial score (nSPS) is 31.0. The van der Waals surface area contributed by atoms with E-state index < -0.39 is 11.4 Å². The zero-order valence-electron chi connectivity index (χ0n) is 15.3. The summed E-state index contributed by atoms with van der Waals surface area (Å²) in [5, 5.41) is 0.398. The summed E-state index contributed by atoms with van der Waals surface area (Å²) >= 11 is 6.22. The summed E-state index contributed by atoms with van der Waals surface area (Å²) in [6.45, 7) is 15.7. The average Bonchev–Trinajstić information content (AvgIpc) is 3.12. The zero-order valence-corrected chi connectivity index (χ0v) is 16.1. The lowest BCUT2D eigenvalue weighted by atomic mass is 9.91. The molecule has 0 unspecified atom stereocenters. The van der Waals surface area contributed by atoms with Crippen LogP contribution >= 0.6 is 11.6 Å². The van der Waals surface area contributed by atoms with E-state index in [1.165, 1.54) is 0 Å². The van der Waals surface area contributed by atoms with Crippen LogP contribution in [0.15, 0.2) is 46.0 Å². The minimum Gasteiger partial charge on any atom is -0.341 e. The van der Waals surface area contributed by atoms with E-state index in [-0.39, 0.29) is 12.1 Å². The largest absolute Gasteiger partial charge is 0.341 e. The lowest BCUT2D eigenvalue weighted by Gasteiger charge is -2.28. The fourth-order valence-corrected chi connectivity index (χ4v) is 4.11. The molecular formula is C19H24ClN3O2. The van der Waals surface area contributed by atoms with Gasteiger partial charge in [-0.3, -0.25) is 4.99 Å². The number of rotatable bonds is 4. The van der Waals surface area contributed by atoms with Crippen LogP contribution in [-0.2, 0) is 9.47 Å². The van der Waals surface area contributed by atoms with Crippen LogP contribution in [0.5, 0.6) is 0 Å². The maximum atomic E-state index is 6.27. The van der Waals surface area contributed by atoms with Gasteiger partial charge in [0.15, 0.2) is 5.79 Å². The first-order valence-corrected chi connectivity index (χ1v) is 8.59. The van der Waals surface area contributed by atoms with E-state index in [1.807, 2.05) is 37.6 Å². The van der Waals surface area contributed by atoms with Crippen LogP contribution in [0, 0.1) is 0 Å². The molecule has 0 saturated carbocycles. The second kappa shape index (κ2) is 5.94. The van der Waals surface area contributed by atoms with Crippen LogP contribution in [0.3, 0.4) is 0 Å². The second-order valence-electron chi connectivity index (χ2n) is 7.13. The van der Waals surface area contributed by atoms with Crippen molar-refractivity contribution in [3.63, 3.8) is 0 Å². The monoisotopic (exact) mass is 361 g/mol. The second-order valence-corrected chi connectivity index (χ2v) is 7.49. The molecule has 0 spiro atoms. The highest BCUT2D eigenvalue weighted by Gasteiger charge is 2.59. The molecule has 1 aromatic rings. The van der Waals surface area contributed by atoms with Crippen molar-refractivity contribution in [1.82, 2.24) is 4.57 Å². The Morgan fingerprint density at radius 3 is 2.60 bits per heavy atom. The zero-order chi connectivity index (χ0) is 18.6. The molecule has 0 N–H and O–H groups in total. The Kier molecular flexibility index (Phi) is 4.30. The first kappa shape index (κ1) is 18.1.